The maximum atomic E-state index is 11.3. The first-order valence-electron chi connectivity index (χ1n) is 11.3. The molecule has 0 radical (unpaired) electrons. The zero-order chi connectivity index (χ0) is 22.1. The van der Waals surface area contributed by atoms with Gasteiger partial charge in [0.2, 0.25) is 5.91 Å². The van der Waals surface area contributed by atoms with Crippen molar-refractivity contribution in [2.45, 2.75) is 38.7 Å². The van der Waals surface area contributed by atoms with Crippen molar-refractivity contribution in [3.63, 3.8) is 0 Å². The van der Waals surface area contributed by atoms with Gasteiger partial charge in [0.05, 0.1) is 6.54 Å². The van der Waals surface area contributed by atoms with Crippen LogP contribution in [0.2, 0.25) is 0 Å². The highest BCUT2D eigenvalue weighted by atomic mass is 127. The molecule has 1 unspecified atom stereocenters. The smallest absolute Gasteiger partial charge is 0.220 e. The summed E-state index contributed by atoms with van der Waals surface area (Å²) in [5.41, 5.74) is 5.40. The highest BCUT2D eigenvalue weighted by Gasteiger charge is 2.22. The Morgan fingerprint density at radius 3 is 2.72 bits per heavy atom. The van der Waals surface area contributed by atoms with E-state index in [0.717, 1.165) is 74.6 Å². The predicted octanol–water partition coefficient (Wildman–Crippen LogP) is 3.09. The molecule has 178 valence electrons. The summed E-state index contributed by atoms with van der Waals surface area (Å²) in [6.07, 6.45) is 3.30. The maximum Gasteiger partial charge on any atom is 0.220 e. The van der Waals surface area contributed by atoms with E-state index in [0.29, 0.717) is 6.54 Å². The van der Waals surface area contributed by atoms with Crippen LogP contribution in [0, 0.1) is 5.92 Å². The van der Waals surface area contributed by atoms with Crippen molar-refractivity contribution in [2.75, 3.05) is 39.3 Å². The molecule has 32 heavy (non-hydrogen) atoms. The first-order chi connectivity index (χ1) is 15.1. The average Bonchev–Trinajstić information content (AvgIpc) is 3.21. The van der Waals surface area contributed by atoms with Gasteiger partial charge in [0.25, 0.3) is 0 Å². The number of hydrogen-bond donors (Lipinski definition) is 4. The fraction of sp³-hybridized carbons (Fsp3) is 0.565. The van der Waals surface area contributed by atoms with Crippen LogP contribution in [0.4, 0.5) is 0 Å². The molecule has 1 aliphatic rings. The van der Waals surface area contributed by atoms with Gasteiger partial charge in [-0.05, 0) is 69.8 Å². The second-order valence-electron chi connectivity index (χ2n) is 8.07. The molecule has 7 nitrogen and oxygen atoms in total. The summed E-state index contributed by atoms with van der Waals surface area (Å²) < 4.78 is 1.18. The van der Waals surface area contributed by atoms with E-state index in [9.17, 15) is 9.90 Å². The molecule has 1 aliphatic heterocycles. The van der Waals surface area contributed by atoms with Crippen LogP contribution >= 0.6 is 35.3 Å². The molecule has 0 aliphatic carbocycles. The van der Waals surface area contributed by atoms with E-state index >= 15 is 0 Å². The number of nitrogens with one attached hydrogen (secondary N) is 2. The number of aliphatic imine (C=N–C) groups is 1. The highest BCUT2D eigenvalue weighted by Crippen LogP contribution is 2.29. The molecule has 0 bridgehead atoms. The van der Waals surface area contributed by atoms with E-state index in [-0.39, 0.29) is 35.8 Å². The van der Waals surface area contributed by atoms with Gasteiger partial charge < -0.3 is 26.4 Å². The summed E-state index contributed by atoms with van der Waals surface area (Å²) in [5.74, 6) is 0.640. The van der Waals surface area contributed by atoms with Crippen LogP contribution in [0.5, 0.6) is 0 Å². The molecule has 2 aromatic rings. The Bertz CT molecular complexity index is 834. The number of guanidine groups is 1. The number of nitrogens with zero attached hydrogens (tertiary/aromatic N) is 2. The number of unbranched alkanes of at least 4 members (excludes halogenated alkanes) is 1. The molecule has 0 spiro atoms. The second-order valence-corrected chi connectivity index (χ2v) is 9.19. The molecular formula is C23H36IN5O2S. The summed E-state index contributed by atoms with van der Waals surface area (Å²) in [6, 6.07) is 10.2. The Kier molecular flexibility index (Phi) is 11.7. The summed E-state index contributed by atoms with van der Waals surface area (Å²) in [5, 5.41) is 18.3. The largest absolute Gasteiger partial charge is 0.386 e. The lowest BCUT2D eigenvalue weighted by Crippen LogP contribution is -2.40. The molecule has 0 saturated carbocycles. The van der Waals surface area contributed by atoms with Gasteiger partial charge in [-0.25, -0.2) is 0 Å². The van der Waals surface area contributed by atoms with Gasteiger partial charge in [0, 0.05) is 28.6 Å². The minimum atomic E-state index is -0.601. The molecule has 1 aromatic carbocycles. The molecule has 2 heterocycles. The van der Waals surface area contributed by atoms with Crippen molar-refractivity contribution in [3.05, 3.63) is 35.2 Å². The molecule has 1 aromatic heterocycles. The quantitative estimate of drug-likeness (QED) is 0.152. The van der Waals surface area contributed by atoms with Gasteiger partial charge in [-0.3, -0.25) is 9.79 Å². The third-order valence-electron chi connectivity index (χ3n) is 5.72. The number of primary amides is 1. The molecule has 5 N–H and O–H groups in total. The zero-order valence-electron chi connectivity index (χ0n) is 18.8. The lowest BCUT2D eigenvalue weighted by molar-refractivity contribution is -0.123. The van der Waals surface area contributed by atoms with Crippen LogP contribution < -0.4 is 16.4 Å². The number of rotatable bonds is 10. The third kappa shape index (κ3) is 8.17. The number of likely N-dealkylation sites (tertiary alicyclic amines) is 1. The molecule has 1 atom stereocenters. The SMILES string of the molecule is CCNC(=NCC(O)c1cc2ccccc2s1)NCCCCN1CCC(C(N)=O)CC1.I. The van der Waals surface area contributed by atoms with Crippen LogP contribution in [-0.4, -0.2) is 61.1 Å². The monoisotopic (exact) mass is 573 g/mol. The Hall–Kier alpha value is -1.43. The van der Waals surface area contributed by atoms with Gasteiger partial charge in [0.15, 0.2) is 5.96 Å². The summed E-state index contributed by atoms with van der Waals surface area (Å²) >= 11 is 1.62. The number of aliphatic hydroxyl groups excluding tert-OH is 1. The number of nitrogens with two attached hydrogens (primary N) is 1. The number of piperidine rings is 1. The standard InChI is InChI=1S/C23H35N5O2S.HI/c1-2-25-23(26-11-5-6-12-28-13-9-17(10-14-28)22(24)30)27-16-19(29)21-15-18-7-3-4-8-20(18)31-21;/h3-4,7-8,15,17,19,29H,2,5-6,9-14,16H2,1H3,(H2,24,30)(H2,25,26,27);1H. The first kappa shape index (κ1) is 26.8. The van der Waals surface area contributed by atoms with Crippen LogP contribution in [0.1, 0.15) is 43.6 Å². The topological polar surface area (TPSA) is 103 Å². The van der Waals surface area contributed by atoms with Gasteiger partial charge >= 0.3 is 0 Å². The lowest BCUT2D eigenvalue weighted by Gasteiger charge is -2.30. The molecule has 3 rings (SSSR count). The lowest BCUT2D eigenvalue weighted by atomic mass is 9.96. The van der Waals surface area contributed by atoms with Crippen molar-refractivity contribution < 1.29 is 9.90 Å². The molecule has 1 saturated heterocycles. The summed E-state index contributed by atoms with van der Waals surface area (Å²) in [7, 11) is 0. The van der Waals surface area contributed by atoms with E-state index in [1.165, 1.54) is 4.70 Å². The van der Waals surface area contributed by atoms with Crippen LogP contribution in [0.15, 0.2) is 35.3 Å². The number of hydrogen-bond acceptors (Lipinski definition) is 5. The van der Waals surface area contributed by atoms with Crippen LogP contribution in [-0.2, 0) is 4.79 Å². The Balaban J connectivity index is 0.00000363. The Morgan fingerprint density at radius 2 is 2.03 bits per heavy atom. The predicted molar refractivity (Wildman–Crippen MR) is 144 cm³/mol. The van der Waals surface area contributed by atoms with E-state index in [4.69, 9.17) is 5.73 Å². The van der Waals surface area contributed by atoms with E-state index < -0.39 is 6.10 Å². The van der Waals surface area contributed by atoms with Crippen molar-refractivity contribution in [3.8, 4) is 0 Å². The number of carbonyl (C=O) groups excluding carboxylic acids is 1. The molecular weight excluding hydrogens is 537 g/mol. The van der Waals surface area contributed by atoms with Crippen LogP contribution in [0.3, 0.4) is 0 Å². The number of fused-ring (bicyclic) bond motifs is 1. The molecule has 9 heteroatoms. The van der Waals surface area contributed by atoms with Crippen molar-refractivity contribution in [2.24, 2.45) is 16.6 Å². The summed E-state index contributed by atoms with van der Waals surface area (Å²) in [4.78, 5) is 19.2. The zero-order valence-corrected chi connectivity index (χ0v) is 21.9. The maximum absolute atomic E-state index is 11.3. The minimum Gasteiger partial charge on any atom is -0.386 e. The van der Waals surface area contributed by atoms with Crippen molar-refractivity contribution in [1.82, 2.24) is 15.5 Å². The Labute approximate surface area is 211 Å². The number of benzene rings is 1. The van der Waals surface area contributed by atoms with Gasteiger partial charge in [-0.2, -0.15) is 0 Å². The number of thiophene rings is 1. The van der Waals surface area contributed by atoms with Gasteiger partial charge in [-0.1, -0.05) is 18.2 Å². The van der Waals surface area contributed by atoms with Gasteiger partial charge in [0.1, 0.15) is 6.10 Å². The number of carbonyl (C=O) groups is 1. The highest BCUT2D eigenvalue weighted by molar-refractivity contribution is 14.0. The molecule has 1 amide bonds. The van der Waals surface area contributed by atoms with E-state index in [1.807, 2.05) is 25.1 Å². The average molecular weight is 574 g/mol. The van der Waals surface area contributed by atoms with Crippen LogP contribution in [0.25, 0.3) is 10.1 Å². The Morgan fingerprint density at radius 1 is 1.28 bits per heavy atom. The number of amides is 1. The normalized spacial score (nSPS) is 16.5. The van der Waals surface area contributed by atoms with E-state index in [1.54, 1.807) is 11.3 Å². The van der Waals surface area contributed by atoms with E-state index in [2.05, 4.69) is 32.7 Å². The fourth-order valence-electron chi connectivity index (χ4n) is 3.88. The fourth-order valence-corrected chi connectivity index (χ4v) is 4.93. The van der Waals surface area contributed by atoms with Crippen molar-refractivity contribution in [1.29, 1.82) is 0 Å². The first-order valence-corrected chi connectivity index (χ1v) is 12.1. The van der Waals surface area contributed by atoms with Crippen molar-refractivity contribution >= 4 is 57.3 Å². The minimum absolute atomic E-state index is 0. The number of aliphatic hydroxyl groups is 1. The molecule has 1 fully saturated rings. The van der Waals surface area contributed by atoms with Gasteiger partial charge in [-0.15, -0.1) is 35.3 Å². The number of halogens is 1. The third-order valence-corrected chi connectivity index (χ3v) is 6.94. The summed E-state index contributed by atoms with van der Waals surface area (Å²) in [6.45, 7) is 6.95. The second kappa shape index (κ2) is 14.0.